The average molecular weight is 480 g/mol. The average Bonchev–Trinajstić information content (AvgIpc) is 3.05. The molecule has 0 bridgehead atoms. The van der Waals surface area contributed by atoms with E-state index in [1.165, 1.54) is 4.90 Å². The first-order chi connectivity index (χ1) is 14.9. The number of hydrogen-bond acceptors (Lipinski definition) is 7. The predicted octanol–water partition coefficient (Wildman–Crippen LogP) is 0.939. The van der Waals surface area contributed by atoms with Crippen LogP contribution < -0.4 is 10.6 Å². The van der Waals surface area contributed by atoms with Crippen molar-refractivity contribution in [3.63, 3.8) is 0 Å². The summed E-state index contributed by atoms with van der Waals surface area (Å²) in [7, 11) is -4.23. The zero-order valence-electron chi connectivity index (χ0n) is 19.4. The van der Waals surface area contributed by atoms with Crippen LogP contribution >= 0.6 is 7.82 Å². The van der Waals surface area contributed by atoms with Crippen molar-refractivity contribution in [2.24, 2.45) is 5.92 Å². The Kier molecular flexibility index (Phi) is 12.4. The number of hydrogen-bond donors (Lipinski definition) is 4. The fourth-order valence-corrected chi connectivity index (χ4v) is 4.15. The van der Waals surface area contributed by atoms with Crippen LogP contribution in [0.15, 0.2) is 0 Å². The summed E-state index contributed by atoms with van der Waals surface area (Å²) < 4.78 is 21.7. The SMILES string of the molecule is CC(C)OP(=O)(O)OC[C@@H]1C[C@@H](O)CN1C(=O)CCCC(=O)NCCCNC(=O)C(C)C. The van der Waals surface area contributed by atoms with Gasteiger partial charge >= 0.3 is 7.82 Å². The van der Waals surface area contributed by atoms with Gasteiger partial charge in [0.25, 0.3) is 0 Å². The first-order valence-electron chi connectivity index (χ1n) is 11.1. The number of rotatable bonds is 14. The second kappa shape index (κ2) is 13.9. The third kappa shape index (κ3) is 11.4. The summed E-state index contributed by atoms with van der Waals surface area (Å²) in [5.74, 6) is -0.537. The molecule has 1 saturated heterocycles. The van der Waals surface area contributed by atoms with Gasteiger partial charge < -0.3 is 25.5 Å². The lowest BCUT2D eigenvalue weighted by Crippen LogP contribution is -2.38. The molecule has 0 aromatic heterocycles. The molecule has 0 aromatic rings. The first-order valence-corrected chi connectivity index (χ1v) is 12.6. The van der Waals surface area contributed by atoms with Gasteiger partial charge in [0, 0.05) is 38.4 Å². The number of amides is 3. The van der Waals surface area contributed by atoms with Crippen molar-refractivity contribution in [1.29, 1.82) is 0 Å². The fraction of sp³-hybridized carbons (Fsp3) is 0.850. The number of β-amino-alcohol motifs (C(OH)–C–C–N with tert-alkyl or cyclic N) is 1. The van der Waals surface area contributed by atoms with Gasteiger partial charge in [0.1, 0.15) is 0 Å². The van der Waals surface area contributed by atoms with Gasteiger partial charge in [-0.2, -0.15) is 0 Å². The molecule has 0 radical (unpaired) electrons. The Morgan fingerprint density at radius 2 is 1.75 bits per heavy atom. The van der Waals surface area contributed by atoms with Crippen molar-refractivity contribution < 1.29 is 38.0 Å². The molecule has 1 aliphatic heterocycles. The number of aliphatic hydroxyl groups is 1. The zero-order chi connectivity index (χ0) is 24.3. The minimum atomic E-state index is -4.23. The Morgan fingerprint density at radius 3 is 2.38 bits per heavy atom. The maximum absolute atomic E-state index is 12.5. The van der Waals surface area contributed by atoms with Gasteiger partial charge in [0.15, 0.2) is 0 Å². The van der Waals surface area contributed by atoms with Crippen molar-refractivity contribution in [2.45, 2.75) is 78.0 Å². The molecule has 32 heavy (non-hydrogen) atoms. The van der Waals surface area contributed by atoms with Gasteiger partial charge in [0.2, 0.25) is 17.7 Å². The number of aliphatic hydroxyl groups excluding tert-OH is 1. The highest BCUT2D eigenvalue weighted by atomic mass is 31.2. The van der Waals surface area contributed by atoms with Crippen molar-refractivity contribution in [2.75, 3.05) is 26.2 Å². The maximum atomic E-state index is 12.5. The van der Waals surface area contributed by atoms with E-state index in [1.807, 2.05) is 13.8 Å². The molecule has 1 unspecified atom stereocenters. The predicted molar refractivity (Wildman–Crippen MR) is 117 cm³/mol. The van der Waals surface area contributed by atoms with Gasteiger partial charge in [-0.25, -0.2) is 4.57 Å². The smallest absolute Gasteiger partial charge is 0.391 e. The number of likely N-dealkylation sites (tertiary alicyclic amines) is 1. The van der Waals surface area contributed by atoms with Gasteiger partial charge in [-0.1, -0.05) is 13.8 Å². The molecule has 1 rings (SSSR count). The van der Waals surface area contributed by atoms with Crippen LogP contribution in [0.5, 0.6) is 0 Å². The van der Waals surface area contributed by atoms with E-state index in [0.717, 1.165) is 0 Å². The number of carbonyl (C=O) groups excluding carboxylic acids is 3. The van der Waals surface area contributed by atoms with Crippen LogP contribution in [-0.4, -0.2) is 77.1 Å². The maximum Gasteiger partial charge on any atom is 0.472 e. The van der Waals surface area contributed by atoms with E-state index in [-0.39, 0.29) is 56.1 Å². The Balaban J connectivity index is 2.30. The third-order valence-electron chi connectivity index (χ3n) is 4.78. The number of nitrogens with one attached hydrogen (secondary N) is 2. The van der Waals surface area contributed by atoms with Gasteiger partial charge in [0.05, 0.1) is 24.9 Å². The molecule has 12 heteroatoms. The van der Waals surface area contributed by atoms with E-state index in [2.05, 4.69) is 10.6 Å². The molecule has 11 nitrogen and oxygen atoms in total. The molecule has 0 saturated carbocycles. The second-order valence-corrected chi connectivity index (χ2v) is 9.92. The number of phosphoric acid groups is 1. The van der Waals surface area contributed by atoms with Gasteiger partial charge in [-0.05, 0) is 33.1 Å². The van der Waals surface area contributed by atoms with Crippen LogP contribution in [0, 0.1) is 5.92 Å². The molecule has 0 spiro atoms. The minimum Gasteiger partial charge on any atom is -0.391 e. The monoisotopic (exact) mass is 479 g/mol. The summed E-state index contributed by atoms with van der Waals surface area (Å²) in [5, 5.41) is 15.4. The van der Waals surface area contributed by atoms with Gasteiger partial charge in [-0.3, -0.25) is 23.4 Å². The van der Waals surface area contributed by atoms with E-state index < -0.39 is 26.1 Å². The van der Waals surface area contributed by atoms with E-state index in [0.29, 0.717) is 25.9 Å². The lowest BCUT2D eigenvalue weighted by atomic mass is 10.2. The van der Waals surface area contributed by atoms with Crippen LogP contribution in [0.1, 0.15) is 59.8 Å². The summed E-state index contributed by atoms with van der Waals surface area (Å²) in [6.07, 6.45) is 0.242. The Hall–Kier alpha value is -1.52. The number of nitrogens with zero attached hydrogens (tertiary/aromatic N) is 1. The molecule has 1 heterocycles. The lowest BCUT2D eigenvalue weighted by Gasteiger charge is -2.25. The zero-order valence-corrected chi connectivity index (χ0v) is 20.3. The van der Waals surface area contributed by atoms with Crippen molar-refractivity contribution >= 4 is 25.5 Å². The highest BCUT2D eigenvalue weighted by molar-refractivity contribution is 7.47. The summed E-state index contributed by atoms with van der Waals surface area (Å²) in [5.41, 5.74) is 0. The molecule has 3 atom stereocenters. The topological polar surface area (TPSA) is 154 Å². The summed E-state index contributed by atoms with van der Waals surface area (Å²) >= 11 is 0. The fourth-order valence-electron chi connectivity index (χ4n) is 3.20. The molecule has 1 fully saturated rings. The first kappa shape index (κ1) is 28.5. The van der Waals surface area contributed by atoms with Crippen LogP contribution in [0.3, 0.4) is 0 Å². The highest BCUT2D eigenvalue weighted by Crippen LogP contribution is 2.45. The quantitative estimate of drug-likeness (QED) is 0.212. The molecule has 0 aromatic carbocycles. The molecule has 4 N–H and O–H groups in total. The Morgan fingerprint density at radius 1 is 1.09 bits per heavy atom. The number of carbonyl (C=O) groups is 3. The summed E-state index contributed by atoms with van der Waals surface area (Å²) in [4.78, 5) is 47.0. The standard InChI is InChI=1S/C20H38N3O8P/c1-14(2)20(27)22-10-6-9-21-18(25)7-5-8-19(26)23-12-17(24)11-16(23)13-30-32(28,29)31-15(3)4/h14-17,24H,5-13H2,1-4H3,(H,21,25)(H,22,27)(H,28,29)/t16-,17+/m0/s1. The Bertz CT molecular complexity index is 673. The van der Waals surface area contributed by atoms with Crippen molar-refractivity contribution in [1.82, 2.24) is 15.5 Å². The van der Waals surface area contributed by atoms with E-state index in [1.54, 1.807) is 13.8 Å². The molecule has 1 aliphatic rings. The molecular formula is C20H38N3O8P. The summed E-state index contributed by atoms with van der Waals surface area (Å²) in [6.45, 7) is 7.62. The Labute approximate surface area is 189 Å². The van der Waals surface area contributed by atoms with Crippen LogP contribution in [0.4, 0.5) is 0 Å². The van der Waals surface area contributed by atoms with Crippen molar-refractivity contribution in [3.8, 4) is 0 Å². The number of phosphoric ester groups is 1. The highest BCUT2D eigenvalue weighted by Gasteiger charge is 2.36. The summed E-state index contributed by atoms with van der Waals surface area (Å²) in [6, 6.07) is -0.538. The van der Waals surface area contributed by atoms with E-state index in [4.69, 9.17) is 9.05 Å². The lowest BCUT2D eigenvalue weighted by molar-refractivity contribution is -0.133. The molecular weight excluding hydrogens is 441 g/mol. The second-order valence-electron chi connectivity index (χ2n) is 8.51. The van der Waals surface area contributed by atoms with Crippen LogP contribution in [0.25, 0.3) is 0 Å². The third-order valence-corrected chi connectivity index (χ3v) is 5.94. The van der Waals surface area contributed by atoms with E-state index in [9.17, 15) is 28.9 Å². The van der Waals surface area contributed by atoms with E-state index >= 15 is 0 Å². The molecule has 3 amide bonds. The van der Waals surface area contributed by atoms with Crippen molar-refractivity contribution in [3.05, 3.63) is 0 Å². The van der Waals surface area contributed by atoms with Crippen LogP contribution in [-0.2, 0) is 28.0 Å². The largest absolute Gasteiger partial charge is 0.472 e. The molecule has 186 valence electrons. The normalized spacial score (nSPS) is 20.4. The minimum absolute atomic E-state index is 0.0279. The van der Waals surface area contributed by atoms with Crippen LogP contribution in [0.2, 0.25) is 0 Å². The van der Waals surface area contributed by atoms with Gasteiger partial charge in [-0.15, -0.1) is 0 Å². The molecule has 0 aliphatic carbocycles.